The number of rotatable bonds is 6. The highest BCUT2D eigenvalue weighted by molar-refractivity contribution is 14.1. The summed E-state index contributed by atoms with van der Waals surface area (Å²) in [5, 5.41) is 3.43. The van der Waals surface area contributed by atoms with Gasteiger partial charge >= 0.3 is 0 Å². The molecule has 0 aromatic carbocycles. The van der Waals surface area contributed by atoms with E-state index in [2.05, 4.69) is 34.8 Å². The first-order chi connectivity index (χ1) is 9.76. The molecule has 0 atom stereocenters. The minimum atomic E-state index is 0.526. The summed E-state index contributed by atoms with van der Waals surface area (Å²) in [4.78, 5) is 9.56. The van der Waals surface area contributed by atoms with E-state index in [0.29, 0.717) is 12.5 Å². The molecule has 1 fully saturated rings. The minimum Gasteiger partial charge on any atom is -0.378 e. The molecule has 0 radical (unpaired) electrons. The van der Waals surface area contributed by atoms with E-state index in [1.165, 1.54) is 32.1 Å². The summed E-state index contributed by atoms with van der Waals surface area (Å²) in [5.41, 5.74) is 1.02. The molecular formula is C15H24IN3O. The number of nitrogens with one attached hydrogen (secondary N) is 1. The highest BCUT2D eigenvalue weighted by Crippen LogP contribution is 2.32. The van der Waals surface area contributed by atoms with Crippen LogP contribution in [0.2, 0.25) is 0 Å². The topological polar surface area (TPSA) is 47.0 Å². The number of hydrogen-bond acceptors (Lipinski definition) is 4. The van der Waals surface area contributed by atoms with Crippen LogP contribution in [0.25, 0.3) is 0 Å². The van der Waals surface area contributed by atoms with Crippen molar-refractivity contribution in [3.05, 3.63) is 15.1 Å². The minimum absolute atomic E-state index is 0.526. The third kappa shape index (κ3) is 4.04. The lowest BCUT2D eigenvalue weighted by molar-refractivity contribution is 0.180. The quantitative estimate of drug-likeness (QED) is 0.745. The van der Waals surface area contributed by atoms with Crippen LogP contribution in [0.3, 0.4) is 0 Å². The van der Waals surface area contributed by atoms with Crippen molar-refractivity contribution in [3.8, 4) is 0 Å². The fraction of sp³-hybridized carbons (Fsp3) is 0.733. The molecule has 20 heavy (non-hydrogen) atoms. The molecule has 1 aliphatic rings. The number of aromatic nitrogens is 2. The van der Waals surface area contributed by atoms with Crippen molar-refractivity contribution >= 4 is 28.4 Å². The van der Waals surface area contributed by atoms with E-state index in [9.17, 15) is 0 Å². The van der Waals surface area contributed by atoms with Gasteiger partial charge in [0, 0.05) is 19.6 Å². The van der Waals surface area contributed by atoms with Gasteiger partial charge in [-0.2, -0.15) is 0 Å². The van der Waals surface area contributed by atoms with Gasteiger partial charge in [-0.25, -0.2) is 9.97 Å². The van der Waals surface area contributed by atoms with Gasteiger partial charge in [0.05, 0.1) is 15.9 Å². The number of hydrogen-bond donors (Lipinski definition) is 1. The lowest BCUT2D eigenvalue weighted by atomic mass is 9.88. The maximum absolute atomic E-state index is 5.29. The highest BCUT2D eigenvalue weighted by atomic mass is 127. The van der Waals surface area contributed by atoms with Crippen molar-refractivity contribution in [1.29, 1.82) is 0 Å². The third-order valence-electron chi connectivity index (χ3n) is 3.73. The second-order valence-electron chi connectivity index (χ2n) is 5.39. The zero-order chi connectivity index (χ0) is 14.4. The molecule has 1 heterocycles. The van der Waals surface area contributed by atoms with Gasteiger partial charge in [-0.3, -0.25) is 0 Å². The SMILES string of the molecule is CCCNc1nc(C2CCCCC2)nc(COC)c1I. The van der Waals surface area contributed by atoms with Gasteiger partial charge in [-0.1, -0.05) is 26.2 Å². The van der Waals surface area contributed by atoms with E-state index < -0.39 is 0 Å². The first-order valence-corrected chi connectivity index (χ1v) is 8.63. The average Bonchev–Trinajstić information content (AvgIpc) is 2.49. The Morgan fingerprint density at radius 1 is 1.25 bits per heavy atom. The van der Waals surface area contributed by atoms with Crippen molar-refractivity contribution in [2.24, 2.45) is 0 Å². The summed E-state index contributed by atoms with van der Waals surface area (Å²) < 4.78 is 6.38. The number of methoxy groups -OCH3 is 1. The van der Waals surface area contributed by atoms with E-state index in [0.717, 1.165) is 33.9 Å². The van der Waals surface area contributed by atoms with Crippen LogP contribution in [0, 0.1) is 3.57 Å². The highest BCUT2D eigenvalue weighted by Gasteiger charge is 2.21. The molecule has 1 aromatic heterocycles. The van der Waals surface area contributed by atoms with E-state index >= 15 is 0 Å². The normalized spacial score (nSPS) is 16.4. The predicted octanol–water partition coefficient (Wildman–Crippen LogP) is 4.10. The molecule has 112 valence electrons. The molecule has 4 nitrogen and oxygen atoms in total. The van der Waals surface area contributed by atoms with E-state index in [1.807, 2.05) is 0 Å². The molecule has 1 N–H and O–H groups in total. The monoisotopic (exact) mass is 389 g/mol. The van der Waals surface area contributed by atoms with Crippen LogP contribution in [0.1, 0.15) is 62.9 Å². The average molecular weight is 389 g/mol. The summed E-state index contributed by atoms with van der Waals surface area (Å²) in [6, 6.07) is 0. The van der Waals surface area contributed by atoms with Crippen molar-refractivity contribution in [2.75, 3.05) is 19.0 Å². The molecule has 0 amide bonds. The Labute approximate surface area is 135 Å². The smallest absolute Gasteiger partial charge is 0.143 e. The van der Waals surface area contributed by atoms with Crippen LogP contribution in [0.15, 0.2) is 0 Å². The van der Waals surface area contributed by atoms with Crippen LogP contribution in [-0.2, 0) is 11.3 Å². The molecular weight excluding hydrogens is 365 g/mol. The molecule has 2 rings (SSSR count). The Morgan fingerprint density at radius 2 is 2.00 bits per heavy atom. The summed E-state index contributed by atoms with van der Waals surface area (Å²) >= 11 is 2.32. The standard InChI is InChI=1S/C15H24IN3O/c1-3-9-17-15-13(16)12(10-20-2)18-14(19-15)11-7-5-4-6-8-11/h11H,3-10H2,1-2H3,(H,17,18,19). The Hall–Kier alpha value is -0.430. The fourth-order valence-corrected chi connectivity index (χ4v) is 3.24. The van der Waals surface area contributed by atoms with Gasteiger partial charge < -0.3 is 10.1 Å². The second kappa shape index (κ2) is 8.12. The molecule has 5 heteroatoms. The van der Waals surface area contributed by atoms with Crippen molar-refractivity contribution in [3.63, 3.8) is 0 Å². The Morgan fingerprint density at radius 3 is 2.65 bits per heavy atom. The molecule has 0 spiro atoms. The maximum atomic E-state index is 5.29. The zero-order valence-corrected chi connectivity index (χ0v) is 14.6. The third-order valence-corrected chi connectivity index (χ3v) is 4.86. The van der Waals surface area contributed by atoms with Crippen LogP contribution >= 0.6 is 22.6 Å². The largest absolute Gasteiger partial charge is 0.378 e. The lowest BCUT2D eigenvalue weighted by Crippen LogP contribution is -2.15. The Bertz CT molecular complexity index is 433. The van der Waals surface area contributed by atoms with Gasteiger partial charge in [0.25, 0.3) is 0 Å². The lowest BCUT2D eigenvalue weighted by Gasteiger charge is -2.22. The van der Waals surface area contributed by atoms with Crippen molar-refractivity contribution < 1.29 is 4.74 Å². The Kier molecular flexibility index (Phi) is 6.48. The van der Waals surface area contributed by atoms with Crippen molar-refractivity contribution in [2.45, 2.75) is 58.0 Å². The number of nitrogens with zero attached hydrogens (tertiary/aromatic N) is 2. The molecule has 0 bridgehead atoms. The summed E-state index contributed by atoms with van der Waals surface area (Å²) in [5.74, 6) is 2.52. The molecule has 1 saturated carbocycles. The number of anilines is 1. The van der Waals surface area contributed by atoms with Crippen LogP contribution in [0.4, 0.5) is 5.82 Å². The molecule has 0 aliphatic heterocycles. The zero-order valence-electron chi connectivity index (χ0n) is 12.4. The Balaban J connectivity index is 2.27. The second-order valence-corrected chi connectivity index (χ2v) is 6.46. The van der Waals surface area contributed by atoms with E-state index in [4.69, 9.17) is 14.7 Å². The van der Waals surface area contributed by atoms with Gasteiger partial charge in [-0.15, -0.1) is 0 Å². The fourth-order valence-electron chi connectivity index (χ4n) is 2.65. The van der Waals surface area contributed by atoms with Crippen molar-refractivity contribution in [1.82, 2.24) is 9.97 Å². The van der Waals surface area contributed by atoms with E-state index in [1.54, 1.807) is 7.11 Å². The van der Waals surface area contributed by atoms with Gasteiger partial charge in [0.1, 0.15) is 11.6 Å². The first-order valence-electron chi connectivity index (χ1n) is 7.55. The van der Waals surface area contributed by atoms with Gasteiger partial charge in [0.2, 0.25) is 0 Å². The predicted molar refractivity (Wildman–Crippen MR) is 90.1 cm³/mol. The van der Waals surface area contributed by atoms with Crippen LogP contribution in [0.5, 0.6) is 0 Å². The van der Waals surface area contributed by atoms with E-state index in [-0.39, 0.29) is 0 Å². The summed E-state index contributed by atoms with van der Waals surface area (Å²) in [6.07, 6.45) is 7.50. The summed E-state index contributed by atoms with van der Waals surface area (Å²) in [6.45, 7) is 3.67. The van der Waals surface area contributed by atoms with Crippen LogP contribution in [-0.4, -0.2) is 23.6 Å². The maximum Gasteiger partial charge on any atom is 0.143 e. The molecule has 0 saturated heterocycles. The van der Waals surface area contributed by atoms with Crippen LogP contribution < -0.4 is 5.32 Å². The molecule has 1 aliphatic carbocycles. The number of halogens is 1. The summed E-state index contributed by atoms with van der Waals surface area (Å²) in [7, 11) is 1.72. The molecule has 1 aromatic rings. The van der Waals surface area contributed by atoms with Gasteiger partial charge in [0.15, 0.2) is 0 Å². The van der Waals surface area contributed by atoms with Gasteiger partial charge in [-0.05, 0) is 41.9 Å². The first kappa shape index (κ1) is 15.9. The molecule has 0 unspecified atom stereocenters. The number of ether oxygens (including phenoxy) is 1.